The molecule has 0 aromatic heterocycles. The first-order valence-corrected chi connectivity index (χ1v) is 7.89. The van der Waals surface area contributed by atoms with Crippen LogP contribution in [0.25, 0.3) is 0 Å². The second kappa shape index (κ2) is 9.30. The Balaban J connectivity index is 1.74. The Labute approximate surface area is 142 Å². The Morgan fingerprint density at radius 1 is 1.00 bits per heavy atom. The number of aryl methyl sites for hydroxylation is 1. The van der Waals surface area contributed by atoms with E-state index in [0.29, 0.717) is 18.7 Å². The van der Waals surface area contributed by atoms with Crippen LogP contribution in [-0.2, 0) is 22.5 Å². The third-order valence-electron chi connectivity index (χ3n) is 3.53. The fourth-order valence-corrected chi connectivity index (χ4v) is 2.19. The first-order valence-electron chi connectivity index (χ1n) is 7.89. The second-order valence-electron chi connectivity index (χ2n) is 5.34. The SMILES string of the molecule is C=CC(=O)NCc1ccc(C(=O)OCCCc2ccccc2)cc1. The lowest BCUT2D eigenvalue weighted by atomic mass is 10.1. The van der Waals surface area contributed by atoms with Gasteiger partial charge < -0.3 is 10.1 Å². The van der Waals surface area contributed by atoms with Crippen LogP contribution in [0.5, 0.6) is 0 Å². The number of hydrogen-bond donors (Lipinski definition) is 1. The molecule has 2 aromatic rings. The van der Waals surface area contributed by atoms with Gasteiger partial charge in [0.05, 0.1) is 12.2 Å². The van der Waals surface area contributed by atoms with Crippen LogP contribution >= 0.6 is 0 Å². The van der Waals surface area contributed by atoms with Gasteiger partial charge in [-0.05, 0) is 42.2 Å². The molecule has 4 heteroatoms. The van der Waals surface area contributed by atoms with Crippen molar-refractivity contribution in [2.75, 3.05) is 6.61 Å². The fraction of sp³-hybridized carbons (Fsp3) is 0.200. The molecule has 0 radical (unpaired) electrons. The van der Waals surface area contributed by atoms with Gasteiger partial charge in [0.2, 0.25) is 5.91 Å². The molecule has 1 amide bonds. The molecule has 0 aliphatic carbocycles. The van der Waals surface area contributed by atoms with Gasteiger partial charge in [0.15, 0.2) is 0 Å². The Bertz CT molecular complexity index is 678. The van der Waals surface area contributed by atoms with Crippen LogP contribution in [0.2, 0.25) is 0 Å². The second-order valence-corrected chi connectivity index (χ2v) is 5.34. The molecule has 0 unspecified atom stereocenters. The van der Waals surface area contributed by atoms with E-state index in [1.807, 2.05) is 18.2 Å². The molecule has 0 fully saturated rings. The van der Waals surface area contributed by atoms with Gasteiger partial charge >= 0.3 is 5.97 Å². The Kier molecular flexibility index (Phi) is 6.77. The van der Waals surface area contributed by atoms with Crippen LogP contribution in [0, 0.1) is 0 Å². The molecular weight excluding hydrogens is 302 g/mol. The highest BCUT2D eigenvalue weighted by Gasteiger charge is 2.07. The van der Waals surface area contributed by atoms with Crippen molar-refractivity contribution in [3.05, 3.63) is 83.9 Å². The molecule has 0 saturated carbocycles. The van der Waals surface area contributed by atoms with E-state index in [0.717, 1.165) is 18.4 Å². The van der Waals surface area contributed by atoms with Gasteiger partial charge in [-0.25, -0.2) is 4.79 Å². The summed E-state index contributed by atoms with van der Waals surface area (Å²) in [7, 11) is 0. The zero-order valence-corrected chi connectivity index (χ0v) is 13.5. The lowest BCUT2D eigenvalue weighted by Gasteiger charge is -2.06. The summed E-state index contributed by atoms with van der Waals surface area (Å²) in [5.74, 6) is -0.554. The number of amides is 1. The largest absolute Gasteiger partial charge is 0.462 e. The van der Waals surface area contributed by atoms with Gasteiger partial charge in [-0.15, -0.1) is 0 Å². The van der Waals surface area contributed by atoms with E-state index >= 15 is 0 Å². The highest BCUT2D eigenvalue weighted by atomic mass is 16.5. The first kappa shape index (κ1) is 17.5. The van der Waals surface area contributed by atoms with E-state index in [1.54, 1.807) is 24.3 Å². The standard InChI is InChI=1S/C20H21NO3/c1-2-19(22)21-15-17-10-12-18(13-11-17)20(23)24-14-6-9-16-7-4-3-5-8-16/h2-5,7-8,10-13H,1,6,9,14-15H2,(H,21,22). The van der Waals surface area contributed by atoms with Gasteiger partial charge in [-0.1, -0.05) is 49.0 Å². The molecule has 24 heavy (non-hydrogen) atoms. The van der Waals surface area contributed by atoms with Crippen LogP contribution in [0.4, 0.5) is 0 Å². The molecule has 0 saturated heterocycles. The third kappa shape index (κ3) is 5.72. The summed E-state index contributed by atoms with van der Waals surface area (Å²) in [5, 5.41) is 2.68. The fourth-order valence-electron chi connectivity index (χ4n) is 2.19. The number of rotatable bonds is 8. The number of carbonyl (C=O) groups excluding carboxylic acids is 2. The molecule has 0 spiro atoms. The Hall–Kier alpha value is -2.88. The predicted molar refractivity (Wildman–Crippen MR) is 93.5 cm³/mol. The average molecular weight is 323 g/mol. The predicted octanol–water partition coefficient (Wildman–Crippen LogP) is 3.28. The lowest BCUT2D eigenvalue weighted by Crippen LogP contribution is -2.19. The van der Waals surface area contributed by atoms with Crippen molar-refractivity contribution < 1.29 is 14.3 Å². The van der Waals surface area contributed by atoms with E-state index in [1.165, 1.54) is 11.6 Å². The number of carbonyl (C=O) groups is 2. The maximum atomic E-state index is 12.0. The first-order chi connectivity index (χ1) is 11.7. The molecule has 2 rings (SSSR count). The smallest absolute Gasteiger partial charge is 0.338 e. The number of benzene rings is 2. The van der Waals surface area contributed by atoms with Gasteiger partial charge in [0.25, 0.3) is 0 Å². The quantitative estimate of drug-likeness (QED) is 0.461. The topological polar surface area (TPSA) is 55.4 Å². The lowest BCUT2D eigenvalue weighted by molar-refractivity contribution is -0.116. The van der Waals surface area contributed by atoms with Crippen molar-refractivity contribution in [1.82, 2.24) is 5.32 Å². The van der Waals surface area contributed by atoms with Crippen LogP contribution in [-0.4, -0.2) is 18.5 Å². The van der Waals surface area contributed by atoms with Gasteiger partial charge in [0.1, 0.15) is 0 Å². The minimum absolute atomic E-state index is 0.225. The Morgan fingerprint density at radius 2 is 1.71 bits per heavy atom. The van der Waals surface area contributed by atoms with Crippen LogP contribution in [0.15, 0.2) is 67.3 Å². The zero-order valence-electron chi connectivity index (χ0n) is 13.5. The van der Waals surface area contributed by atoms with Crippen molar-refractivity contribution in [3.8, 4) is 0 Å². The van der Waals surface area contributed by atoms with Crippen molar-refractivity contribution in [2.24, 2.45) is 0 Å². The highest BCUT2D eigenvalue weighted by Crippen LogP contribution is 2.07. The summed E-state index contributed by atoms with van der Waals surface area (Å²) >= 11 is 0. The maximum Gasteiger partial charge on any atom is 0.338 e. The minimum atomic E-state index is -0.329. The van der Waals surface area contributed by atoms with Crippen molar-refractivity contribution in [2.45, 2.75) is 19.4 Å². The summed E-state index contributed by atoms with van der Waals surface area (Å²) in [6.07, 6.45) is 2.90. The summed E-state index contributed by atoms with van der Waals surface area (Å²) in [5.41, 5.74) is 2.65. The minimum Gasteiger partial charge on any atom is -0.462 e. The zero-order chi connectivity index (χ0) is 17.2. The van der Waals surface area contributed by atoms with Gasteiger partial charge in [-0.2, -0.15) is 0 Å². The Morgan fingerprint density at radius 3 is 2.38 bits per heavy atom. The van der Waals surface area contributed by atoms with Gasteiger partial charge in [-0.3, -0.25) is 4.79 Å². The molecule has 0 atom stereocenters. The monoisotopic (exact) mass is 323 g/mol. The molecular formula is C20H21NO3. The number of esters is 1. The summed E-state index contributed by atoms with van der Waals surface area (Å²) in [6.45, 7) is 4.19. The molecule has 0 aliphatic heterocycles. The van der Waals surface area contributed by atoms with E-state index in [-0.39, 0.29) is 11.9 Å². The van der Waals surface area contributed by atoms with Crippen molar-refractivity contribution >= 4 is 11.9 Å². The number of nitrogens with one attached hydrogen (secondary N) is 1. The summed E-state index contributed by atoms with van der Waals surface area (Å²) in [6, 6.07) is 17.1. The molecule has 4 nitrogen and oxygen atoms in total. The molecule has 0 heterocycles. The molecule has 124 valence electrons. The number of hydrogen-bond acceptors (Lipinski definition) is 3. The van der Waals surface area contributed by atoms with E-state index in [9.17, 15) is 9.59 Å². The van der Waals surface area contributed by atoms with Crippen LogP contribution in [0.3, 0.4) is 0 Å². The molecule has 2 aromatic carbocycles. The molecule has 0 aliphatic rings. The molecule has 0 bridgehead atoms. The highest BCUT2D eigenvalue weighted by molar-refractivity contribution is 5.89. The summed E-state index contributed by atoms with van der Waals surface area (Å²) < 4.78 is 5.28. The van der Waals surface area contributed by atoms with Crippen molar-refractivity contribution in [3.63, 3.8) is 0 Å². The van der Waals surface area contributed by atoms with E-state index < -0.39 is 0 Å². The maximum absolute atomic E-state index is 12.0. The van der Waals surface area contributed by atoms with Crippen LogP contribution < -0.4 is 5.32 Å². The van der Waals surface area contributed by atoms with Crippen LogP contribution in [0.1, 0.15) is 27.9 Å². The molecule has 1 N–H and O–H groups in total. The van der Waals surface area contributed by atoms with E-state index in [4.69, 9.17) is 4.74 Å². The summed E-state index contributed by atoms with van der Waals surface area (Å²) in [4.78, 5) is 23.1. The number of ether oxygens (including phenoxy) is 1. The average Bonchev–Trinajstić information content (AvgIpc) is 2.64. The normalized spacial score (nSPS) is 10.0. The third-order valence-corrected chi connectivity index (χ3v) is 3.53. The van der Waals surface area contributed by atoms with Crippen molar-refractivity contribution in [1.29, 1.82) is 0 Å². The van der Waals surface area contributed by atoms with Gasteiger partial charge in [0, 0.05) is 6.54 Å². The van der Waals surface area contributed by atoms with E-state index in [2.05, 4.69) is 24.0 Å².